The second-order valence-corrected chi connectivity index (χ2v) is 8.40. The highest BCUT2D eigenvalue weighted by Gasteiger charge is 2.27. The maximum absolute atomic E-state index is 13.2. The van der Waals surface area contributed by atoms with Gasteiger partial charge < -0.3 is 9.64 Å². The largest absolute Gasteiger partial charge is 0.494 e. The topological polar surface area (TPSA) is 50.6 Å². The van der Waals surface area contributed by atoms with Crippen molar-refractivity contribution < 1.29 is 9.53 Å². The van der Waals surface area contributed by atoms with Crippen LogP contribution in [0.2, 0.25) is 5.15 Å². The van der Waals surface area contributed by atoms with E-state index in [1.54, 1.807) is 4.68 Å². The van der Waals surface area contributed by atoms with Gasteiger partial charge in [0.1, 0.15) is 10.9 Å². The number of piperazine rings is 1. The molecule has 1 fully saturated rings. The van der Waals surface area contributed by atoms with Crippen LogP contribution in [0.1, 0.15) is 34.1 Å². The van der Waals surface area contributed by atoms with Gasteiger partial charge in [0.25, 0.3) is 5.91 Å². The molecule has 4 rings (SSSR count). The molecule has 0 unspecified atom stereocenters. The Morgan fingerprint density at radius 1 is 0.969 bits per heavy atom. The molecule has 0 atom stereocenters. The van der Waals surface area contributed by atoms with Gasteiger partial charge in [0.05, 0.1) is 24.4 Å². The van der Waals surface area contributed by atoms with Gasteiger partial charge in [-0.2, -0.15) is 5.10 Å². The van der Waals surface area contributed by atoms with Crippen molar-refractivity contribution in [3.63, 3.8) is 0 Å². The summed E-state index contributed by atoms with van der Waals surface area (Å²) in [4.78, 5) is 17.5. The molecule has 168 valence electrons. The average Bonchev–Trinajstić information content (AvgIpc) is 3.08. The van der Waals surface area contributed by atoms with Gasteiger partial charge in [-0.15, -0.1) is 0 Å². The minimum Gasteiger partial charge on any atom is -0.494 e. The normalized spacial score (nSPS) is 14.5. The molecule has 3 aromatic rings. The zero-order valence-electron chi connectivity index (χ0n) is 18.6. The number of amides is 1. The van der Waals surface area contributed by atoms with E-state index < -0.39 is 0 Å². The van der Waals surface area contributed by atoms with Crippen molar-refractivity contribution in [3.05, 3.63) is 82.1 Å². The number of nitrogens with zero attached hydrogens (tertiary/aromatic N) is 4. The number of aromatic nitrogens is 2. The highest BCUT2D eigenvalue weighted by atomic mass is 35.5. The number of halogens is 1. The van der Waals surface area contributed by atoms with Crippen molar-refractivity contribution in [2.75, 3.05) is 32.8 Å². The summed E-state index contributed by atoms with van der Waals surface area (Å²) in [6, 6.07) is 18.2. The third-order valence-electron chi connectivity index (χ3n) is 5.75. The SMILES string of the molecule is CCOc1ccc(CN2CCN(C(=O)c3c(C)nn(Cc4ccccc4)c3Cl)CC2)cc1. The summed E-state index contributed by atoms with van der Waals surface area (Å²) in [6.07, 6.45) is 0. The fourth-order valence-corrected chi connectivity index (χ4v) is 4.36. The number of rotatable bonds is 7. The van der Waals surface area contributed by atoms with E-state index >= 15 is 0 Å². The fraction of sp³-hybridized carbons (Fsp3) is 0.360. The van der Waals surface area contributed by atoms with Crippen LogP contribution in [0.15, 0.2) is 54.6 Å². The molecule has 0 aliphatic carbocycles. The van der Waals surface area contributed by atoms with Crippen LogP contribution in [0, 0.1) is 6.92 Å². The molecule has 1 aliphatic heterocycles. The first-order chi connectivity index (χ1) is 15.5. The lowest BCUT2D eigenvalue weighted by atomic mass is 10.1. The number of hydrogen-bond donors (Lipinski definition) is 0. The van der Waals surface area contributed by atoms with Gasteiger partial charge in [0, 0.05) is 32.7 Å². The number of carbonyl (C=O) groups excluding carboxylic acids is 1. The second kappa shape index (κ2) is 10.2. The molecule has 32 heavy (non-hydrogen) atoms. The molecule has 0 radical (unpaired) electrons. The van der Waals surface area contributed by atoms with Gasteiger partial charge >= 0.3 is 0 Å². The van der Waals surface area contributed by atoms with Gasteiger partial charge in [0.2, 0.25) is 0 Å². The monoisotopic (exact) mass is 452 g/mol. The molecule has 2 heterocycles. The summed E-state index contributed by atoms with van der Waals surface area (Å²) in [5.74, 6) is 0.860. The first-order valence-corrected chi connectivity index (χ1v) is 11.4. The number of carbonyl (C=O) groups is 1. The smallest absolute Gasteiger partial charge is 0.258 e. The highest BCUT2D eigenvalue weighted by molar-refractivity contribution is 6.33. The van der Waals surface area contributed by atoms with Crippen molar-refractivity contribution in [1.82, 2.24) is 19.6 Å². The van der Waals surface area contributed by atoms with E-state index in [2.05, 4.69) is 22.1 Å². The Morgan fingerprint density at radius 3 is 2.28 bits per heavy atom. The molecule has 0 bridgehead atoms. The Kier molecular flexibility index (Phi) is 7.12. The van der Waals surface area contributed by atoms with E-state index in [0.717, 1.165) is 30.9 Å². The van der Waals surface area contributed by atoms with Crippen molar-refractivity contribution in [3.8, 4) is 5.75 Å². The minimum absolute atomic E-state index is 0.0347. The molecule has 1 aliphatic rings. The van der Waals surface area contributed by atoms with Crippen LogP contribution in [-0.2, 0) is 13.1 Å². The Hall–Kier alpha value is -2.83. The second-order valence-electron chi connectivity index (χ2n) is 8.04. The fourth-order valence-electron chi connectivity index (χ4n) is 4.04. The summed E-state index contributed by atoms with van der Waals surface area (Å²) in [6.45, 7) is 8.92. The summed E-state index contributed by atoms with van der Waals surface area (Å²) >= 11 is 6.60. The lowest BCUT2D eigenvalue weighted by Crippen LogP contribution is -2.48. The maximum atomic E-state index is 13.2. The van der Waals surface area contributed by atoms with Crippen LogP contribution < -0.4 is 4.74 Å². The number of aryl methyl sites for hydroxylation is 1. The number of benzene rings is 2. The van der Waals surface area contributed by atoms with Crippen molar-refractivity contribution in [2.45, 2.75) is 26.9 Å². The van der Waals surface area contributed by atoms with Crippen LogP contribution in [0.3, 0.4) is 0 Å². The highest BCUT2D eigenvalue weighted by Crippen LogP contribution is 2.24. The third-order valence-corrected chi connectivity index (χ3v) is 6.14. The van der Waals surface area contributed by atoms with Gasteiger partial charge in [-0.3, -0.25) is 9.69 Å². The quantitative estimate of drug-likeness (QED) is 0.537. The van der Waals surface area contributed by atoms with Crippen LogP contribution in [0.4, 0.5) is 0 Å². The summed E-state index contributed by atoms with van der Waals surface area (Å²) in [5.41, 5.74) is 3.53. The number of ether oxygens (including phenoxy) is 1. The third kappa shape index (κ3) is 5.14. The van der Waals surface area contributed by atoms with E-state index in [9.17, 15) is 4.79 Å². The van der Waals surface area contributed by atoms with E-state index in [-0.39, 0.29) is 5.91 Å². The predicted molar refractivity (Wildman–Crippen MR) is 126 cm³/mol. The molecular formula is C25H29ClN4O2. The van der Waals surface area contributed by atoms with Gasteiger partial charge in [0.15, 0.2) is 0 Å². The van der Waals surface area contributed by atoms with Crippen molar-refractivity contribution in [2.24, 2.45) is 0 Å². The molecule has 2 aromatic carbocycles. The molecule has 6 nitrogen and oxygen atoms in total. The molecule has 7 heteroatoms. The molecule has 1 amide bonds. The summed E-state index contributed by atoms with van der Waals surface area (Å²) in [5, 5.41) is 4.94. The Labute approximate surface area is 194 Å². The van der Waals surface area contributed by atoms with Crippen LogP contribution in [0.5, 0.6) is 5.75 Å². The summed E-state index contributed by atoms with van der Waals surface area (Å²) in [7, 11) is 0. The lowest BCUT2D eigenvalue weighted by Gasteiger charge is -2.34. The molecule has 0 saturated carbocycles. The zero-order chi connectivity index (χ0) is 22.5. The Morgan fingerprint density at radius 2 is 1.62 bits per heavy atom. The number of hydrogen-bond acceptors (Lipinski definition) is 4. The van der Waals surface area contributed by atoms with Crippen LogP contribution in [0.25, 0.3) is 0 Å². The molecule has 1 saturated heterocycles. The van der Waals surface area contributed by atoms with Crippen molar-refractivity contribution in [1.29, 1.82) is 0 Å². The van der Waals surface area contributed by atoms with E-state index in [1.165, 1.54) is 5.56 Å². The van der Waals surface area contributed by atoms with E-state index in [0.29, 0.717) is 42.7 Å². The molecule has 0 N–H and O–H groups in total. The predicted octanol–water partition coefficient (Wildman–Crippen LogP) is 4.25. The first kappa shape index (κ1) is 22.4. The molecular weight excluding hydrogens is 424 g/mol. The lowest BCUT2D eigenvalue weighted by molar-refractivity contribution is 0.0628. The first-order valence-electron chi connectivity index (χ1n) is 11.1. The standard InChI is InChI=1S/C25H29ClN4O2/c1-3-32-22-11-9-21(10-12-22)17-28-13-15-29(16-14-28)25(31)23-19(2)27-30(24(23)26)18-20-7-5-4-6-8-20/h4-12H,3,13-18H2,1-2H3. The van der Waals surface area contributed by atoms with Crippen LogP contribution in [-0.4, -0.2) is 58.3 Å². The Balaban J connectivity index is 1.36. The average molecular weight is 453 g/mol. The molecule has 1 aromatic heterocycles. The maximum Gasteiger partial charge on any atom is 0.258 e. The van der Waals surface area contributed by atoms with E-state index in [1.807, 2.05) is 61.2 Å². The summed E-state index contributed by atoms with van der Waals surface area (Å²) < 4.78 is 7.22. The molecule has 0 spiro atoms. The minimum atomic E-state index is -0.0347. The van der Waals surface area contributed by atoms with Crippen molar-refractivity contribution >= 4 is 17.5 Å². The van der Waals surface area contributed by atoms with Gasteiger partial charge in [-0.1, -0.05) is 54.1 Å². The van der Waals surface area contributed by atoms with Crippen LogP contribution >= 0.6 is 11.6 Å². The Bertz CT molecular complexity index is 1040. The zero-order valence-corrected chi connectivity index (χ0v) is 19.4. The van der Waals surface area contributed by atoms with Gasteiger partial charge in [-0.25, -0.2) is 4.68 Å². The van der Waals surface area contributed by atoms with E-state index in [4.69, 9.17) is 16.3 Å². The van der Waals surface area contributed by atoms with Gasteiger partial charge in [-0.05, 0) is 37.1 Å².